The fourth-order valence-electron chi connectivity index (χ4n) is 4.94. The molecule has 1 aliphatic carbocycles. The Morgan fingerprint density at radius 1 is 1.06 bits per heavy atom. The van der Waals surface area contributed by atoms with Crippen LogP contribution in [-0.2, 0) is 21.3 Å². The second-order valence-electron chi connectivity index (χ2n) is 8.61. The number of ketones is 1. The van der Waals surface area contributed by atoms with Crippen molar-refractivity contribution in [1.82, 2.24) is 8.87 Å². The number of hydrogen-bond donors (Lipinski definition) is 0. The lowest BCUT2D eigenvalue weighted by Gasteiger charge is -2.33. The lowest BCUT2D eigenvalue weighted by Crippen LogP contribution is -2.44. The van der Waals surface area contributed by atoms with E-state index in [0.717, 1.165) is 19.3 Å². The van der Waals surface area contributed by atoms with Crippen LogP contribution < -0.4 is 4.74 Å². The minimum atomic E-state index is -3.93. The minimum Gasteiger partial charge on any atom is -0.497 e. The molecule has 8 nitrogen and oxygen atoms in total. The molecule has 0 unspecified atom stereocenters. The van der Waals surface area contributed by atoms with Crippen LogP contribution in [-0.4, -0.2) is 55.8 Å². The SMILES string of the molecule is CCn1c(C)c(C(=O)CN(C2CCCCC2)S(=O)(=O)c2ccc(OC)cc2)c(C)c1C(=O)OC. The Morgan fingerprint density at radius 2 is 1.68 bits per heavy atom. The van der Waals surface area contributed by atoms with E-state index in [4.69, 9.17) is 9.47 Å². The van der Waals surface area contributed by atoms with Crippen LogP contribution in [0.2, 0.25) is 0 Å². The summed E-state index contributed by atoms with van der Waals surface area (Å²) in [5.74, 6) is -0.284. The molecule has 0 aliphatic heterocycles. The van der Waals surface area contributed by atoms with Gasteiger partial charge in [0.25, 0.3) is 0 Å². The Balaban J connectivity index is 2.03. The first-order valence-corrected chi connectivity index (χ1v) is 13.1. The number of benzene rings is 1. The lowest BCUT2D eigenvalue weighted by atomic mass is 9.95. The molecule has 0 atom stereocenters. The van der Waals surface area contributed by atoms with Crippen LogP contribution in [0.1, 0.15) is 71.1 Å². The maximum absolute atomic E-state index is 13.7. The molecule has 2 aromatic rings. The van der Waals surface area contributed by atoms with Crippen LogP contribution >= 0.6 is 0 Å². The number of methoxy groups -OCH3 is 2. The molecule has 0 saturated heterocycles. The standard InChI is InChI=1S/C25H34N2O6S/c1-6-26-18(3)23(17(2)24(26)25(29)33-5)22(28)16-27(19-10-8-7-9-11-19)34(30,31)21-14-12-20(32-4)13-15-21/h12-15,19H,6-11,16H2,1-5H3. The second kappa shape index (κ2) is 10.7. The first-order valence-electron chi connectivity index (χ1n) is 11.6. The monoisotopic (exact) mass is 490 g/mol. The van der Waals surface area contributed by atoms with Gasteiger partial charge in [0.2, 0.25) is 10.0 Å². The van der Waals surface area contributed by atoms with Crippen molar-refractivity contribution in [2.75, 3.05) is 20.8 Å². The smallest absolute Gasteiger partial charge is 0.354 e. The molecule has 0 N–H and O–H groups in total. The van der Waals surface area contributed by atoms with E-state index in [2.05, 4.69) is 0 Å². The third kappa shape index (κ3) is 4.90. The van der Waals surface area contributed by atoms with Gasteiger partial charge >= 0.3 is 5.97 Å². The predicted molar refractivity (Wildman–Crippen MR) is 129 cm³/mol. The summed E-state index contributed by atoms with van der Waals surface area (Å²) in [7, 11) is -1.10. The van der Waals surface area contributed by atoms with Crippen molar-refractivity contribution in [1.29, 1.82) is 0 Å². The number of carbonyl (C=O) groups excluding carboxylic acids is 2. The van der Waals surface area contributed by atoms with Crippen molar-refractivity contribution in [3.8, 4) is 5.75 Å². The molecule has 186 valence electrons. The molecule has 34 heavy (non-hydrogen) atoms. The molecule has 0 amide bonds. The summed E-state index contributed by atoms with van der Waals surface area (Å²) >= 11 is 0. The number of ether oxygens (including phenoxy) is 2. The van der Waals surface area contributed by atoms with Crippen LogP contribution in [0, 0.1) is 13.8 Å². The van der Waals surface area contributed by atoms with Crippen molar-refractivity contribution < 1.29 is 27.5 Å². The molecule has 1 aromatic heterocycles. The number of sulfonamides is 1. The molecule has 3 rings (SSSR count). The molecule has 1 heterocycles. The first-order chi connectivity index (χ1) is 16.2. The molecule has 1 fully saturated rings. The summed E-state index contributed by atoms with van der Waals surface area (Å²) in [6.07, 6.45) is 4.32. The number of nitrogens with zero attached hydrogens (tertiary/aromatic N) is 2. The van der Waals surface area contributed by atoms with Crippen LogP contribution in [0.4, 0.5) is 0 Å². The quantitative estimate of drug-likeness (QED) is 0.388. The lowest BCUT2D eigenvalue weighted by molar-refractivity contribution is 0.0587. The third-order valence-corrected chi connectivity index (χ3v) is 8.60. The van der Waals surface area contributed by atoms with Crippen LogP contribution in [0.3, 0.4) is 0 Å². The van der Waals surface area contributed by atoms with E-state index in [0.29, 0.717) is 47.7 Å². The van der Waals surface area contributed by atoms with Gasteiger partial charge in [-0.15, -0.1) is 0 Å². The molecule has 1 aromatic carbocycles. The number of hydrogen-bond acceptors (Lipinski definition) is 6. The Kier molecular flexibility index (Phi) is 8.20. The Labute approximate surface area is 201 Å². The molecule has 9 heteroatoms. The number of Topliss-reactive ketones (excluding diaryl/α,β-unsaturated/α-hetero) is 1. The Bertz CT molecular complexity index is 1150. The number of carbonyl (C=O) groups is 2. The van der Waals surface area contributed by atoms with Crippen LogP contribution in [0.15, 0.2) is 29.2 Å². The predicted octanol–water partition coefficient (Wildman–Crippen LogP) is 4.13. The molecule has 0 bridgehead atoms. The Hall–Kier alpha value is -2.65. The van der Waals surface area contributed by atoms with Gasteiger partial charge in [0, 0.05) is 23.8 Å². The Morgan fingerprint density at radius 3 is 2.21 bits per heavy atom. The topological polar surface area (TPSA) is 94.9 Å². The average molecular weight is 491 g/mol. The van der Waals surface area contributed by atoms with Crippen molar-refractivity contribution in [3.63, 3.8) is 0 Å². The summed E-state index contributed by atoms with van der Waals surface area (Å²) in [4.78, 5) is 26.1. The average Bonchev–Trinajstić information content (AvgIpc) is 3.11. The third-order valence-electron chi connectivity index (χ3n) is 6.69. The van der Waals surface area contributed by atoms with E-state index < -0.39 is 16.0 Å². The molecular weight excluding hydrogens is 456 g/mol. The normalized spacial score (nSPS) is 14.9. The van der Waals surface area contributed by atoms with Gasteiger partial charge in [-0.25, -0.2) is 13.2 Å². The fraction of sp³-hybridized carbons (Fsp3) is 0.520. The number of rotatable bonds is 9. The highest BCUT2D eigenvalue weighted by atomic mass is 32.2. The van der Waals surface area contributed by atoms with E-state index >= 15 is 0 Å². The zero-order valence-electron chi connectivity index (χ0n) is 20.6. The van der Waals surface area contributed by atoms with Gasteiger partial charge in [0.05, 0.1) is 25.7 Å². The minimum absolute atomic E-state index is 0.126. The maximum Gasteiger partial charge on any atom is 0.354 e. The van der Waals surface area contributed by atoms with Gasteiger partial charge in [-0.05, 0) is 63.4 Å². The van der Waals surface area contributed by atoms with Crippen LogP contribution in [0.25, 0.3) is 0 Å². The van der Waals surface area contributed by atoms with Crippen molar-refractivity contribution in [2.24, 2.45) is 0 Å². The zero-order chi connectivity index (χ0) is 25.0. The maximum atomic E-state index is 13.7. The molecule has 0 radical (unpaired) electrons. The van der Waals surface area contributed by atoms with E-state index in [-0.39, 0.29) is 23.3 Å². The second-order valence-corrected chi connectivity index (χ2v) is 10.5. The van der Waals surface area contributed by atoms with Crippen molar-refractivity contribution >= 4 is 21.8 Å². The summed E-state index contributed by atoms with van der Waals surface area (Å²) in [6.45, 7) is 5.58. The highest BCUT2D eigenvalue weighted by Gasteiger charge is 2.36. The summed E-state index contributed by atoms with van der Waals surface area (Å²) in [5, 5.41) is 0. The van der Waals surface area contributed by atoms with E-state index in [1.165, 1.54) is 30.7 Å². The van der Waals surface area contributed by atoms with Crippen LogP contribution in [0.5, 0.6) is 5.75 Å². The highest BCUT2D eigenvalue weighted by Crippen LogP contribution is 2.30. The fourth-order valence-corrected chi connectivity index (χ4v) is 6.59. The van der Waals surface area contributed by atoms with Gasteiger partial charge < -0.3 is 14.0 Å². The van der Waals surface area contributed by atoms with Crippen molar-refractivity contribution in [2.45, 2.75) is 70.4 Å². The molecule has 0 spiro atoms. The van der Waals surface area contributed by atoms with Gasteiger partial charge in [-0.3, -0.25) is 4.79 Å². The number of esters is 1. The van der Waals surface area contributed by atoms with Gasteiger partial charge in [-0.1, -0.05) is 19.3 Å². The van der Waals surface area contributed by atoms with Gasteiger partial charge in [-0.2, -0.15) is 4.31 Å². The summed E-state index contributed by atoms with van der Waals surface area (Å²) in [6, 6.07) is 5.97. The van der Waals surface area contributed by atoms with Crippen molar-refractivity contribution in [3.05, 3.63) is 46.8 Å². The van der Waals surface area contributed by atoms with E-state index in [1.807, 2.05) is 6.92 Å². The largest absolute Gasteiger partial charge is 0.497 e. The van der Waals surface area contributed by atoms with Gasteiger partial charge in [0.1, 0.15) is 11.4 Å². The zero-order valence-corrected chi connectivity index (χ0v) is 21.4. The number of aromatic nitrogens is 1. The van der Waals surface area contributed by atoms with E-state index in [9.17, 15) is 18.0 Å². The molecule has 1 aliphatic rings. The summed E-state index contributed by atoms with van der Waals surface area (Å²) < 4.78 is 40.6. The summed E-state index contributed by atoms with van der Waals surface area (Å²) in [5.41, 5.74) is 1.86. The molecular formula is C25H34N2O6S. The first kappa shape index (κ1) is 26.0. The highest BCUT2D eigenvalue weighted by molar-refractivity contribution is 7.89. The molecule has 1 saturated carbocycles. The van der Waals surface area contributed by atoms with E-state index in [1.54, 1.807) is 30.5 Å². The van der Waals surface area contributed by atoms with Gasteiger partial charge in [0.15, 0.2) is 5.78 Å².